The molecule has 0 saturated carbocycles. The van der Waals surface area contributed by atoms with Crippen LogP contribution < -0.4 is 16.6 Å². The van der Waals surface area contributed by atoms with E-state index in [1.165, 1.54) is 35.7 Å². The van der Waals surface area contributed by atoms with Gasteiger partial charge < -0.3 is 5.43 Å². The highest BCUT2D eigenvalue weighted by molar-refractivity contribution is 9.11. The molecule has 1 aromatic carbocycles. The van der Waals surface area contributed by atoms with Crippen molar-refractivity contribution in [1.29, 1.82) is 0 Å². The van der Waals surface area contributed by atoms with E-state index in [9.17, 15) is 14.9 Å². The molecule has 0 radical (unpaired) electrons. The fraction of sp³-hybridized carbons (Fsp3) is 0. The Hall–Kier alpha value is -2.04. The molecule has 20 heavy (non-hydrogen) atoms. The molecule has 4 N–H and O–H groups in total. The normalized spacial score (nSPS) is 10.1. The molecule has 0 aliphatic rings. The van der Waals surface area contributed by atoms with Crippen molar-refractivity contribution in [3.05, 3.63) is 43.9 Å². The zero-order valence-corrected chi connectivity index (χ0v) is 12.2. The summed E-state index contributed by atoms with van der Waals surface area (Å²) in [6.07, 6.45) is 1.52. The quantitative estimate of drug-likeness (QED) is 0.438. The van der Waals surface area contributed by atoms with Crippen molar-refractivity contribution in [2.45, 2.75) is 0 Å². The van der Waals surface area contributed by atoms with Crippen molar-refractivity contribution in [3.63, 3.8) is 0 Å². The third-order valence-electron chi connectivity index (χ3n) is 2.32. The standard InChI is InChI=1S/C10H8BrN5O3S/c11-7-4-13-10(20-7)14-9(17)5-2-1-3-6(15-12)8(5)16(18)19/h1-4,15H,12H2,(H,13,14,17). The number of carbonyl (C=O) groups is 1. The number of hydrazine groups is 1. The molecule has 10 heteroatoms. The molecule has 2 aromatic rings. The summed E-state index contributed by atoms with van der Waals surface area (Å²) in [5.41, 5.74) is 1.77. The third-order valence-corrected chi connectivity index (χ3v) is 3.71. The molecule has 104 valence electrons. The lowest BCUT2D eigenvalue weighted by atomic mass is 10.1. The number of thiazole rings is 1. The van der Waals surface area contributed by atoms with Gasteiger partial charge in [-0.1, -0.05) is 17.4 Å². The zero-order chi connectivity index (χ0) is 14.7. The van der Waals surface area contributed by atoms with Crippen molar-refractivity contribution in [2.24, 2.45) is 5.84 Å². The van der Waals surface area contributed by atoms with Crippen LogP contribution in [0.3, 0.4) is 0 Å². The molecule has 1 heterocycles. The van der Waals surface area contributed by atoms with E-state index in [1.807, 2.05) is 0 Å². The number of hydrogen-bond acceptors (Lipinski definition) is 7. The van der Waals surface area contributed by atoms with Gasteiger partial charge in [-0.25, -0.2) is 4.98 Å². The molecule has 0 fully saturated rings. The van der Waals surface area contributed by atoms with Crippen molar-refractivity contribution < 1.29 is 9.72 Å². The molecule has 0 unspecified atom stereocenters. The molecule has 8 nitrogen and oxygen atoms in total. The lowest BCUT2D eigenvalue weighted by molar-refractivity contribution is -0.384. The fourth-order valence-corrected chi connectivity index (χ4v) is 2.62. The number of hydrogen-bond donors (Lipinski definition) is 3. The van der Waals surface area contributed by atoms with Crippen LogP contribution in [-0.2, 0) is 0 Å². The Labute approximate surface area is 125 Å². The second-order valence-electron chi connectivity index (χ2n) is 3.53. The number of para-hydroxylation sites is 1. The van der Waals surface area contributed by atoms with Crippen LogP contribution >= 0.6 is 27.3 Å². The summed E-state index contributed by atoms with van der Waals surface area (Å²) in [6.45, 7) is 0. The highest BCUT2D eigenvalue weighted by atomic mass is 79.9. The van der Waals surface area contributed by atoms with Crippen LogP contribution in [0.1, 0.15) is 10.4 Å². The average Bonchev–Trinajstić information content (AvgIpc) is 2.82. The van der Waals surface area contributed by atoms with E-state index in [4.69, 9.17) is 5.84 Å². The van der Waals surface area contributed by atoms with E-state index >= 15 is 0 Å². The smallest absolute Gasteiger partial charge is 0.306 e. The van der Waals surface area contributed by atoms with Gasteiger partial charge in [-0.3, -0.25) is 26.1 Å². The van der Waals surface area contributed by atoms with Gasteiger partial charge in [0.25, 0.3) is 5.91 Å². The Morgan fingerprint density at radius 3 is 2.80 bits per heavy atom. The molecule has 1 amide bonds. The van der Waals surface area contributed by atoms with Gasteiger partial charge in [0.15, 0.2) is 5.13 Å². The van der Waals surface area contributed by atoms with Gasteiger partial charge in [0.2, 0.25) is 0 Å². The molecule has 0 aliphatic carbocycles. The summed E-state index contributed by atoms with van der Waals surface area (Å²) >= 11 is 4.41. The predicted molar refractivity (Wildman–Crippen MR) is 78.7 cm³/mol. The second kappa shape index (κ2) is 5.94. The second-order valence-corrected chi connectivity index (χ2v) is 5.94. The lowest BCUT2D eigenvalue weighted by Crippen LogP contribution is -2.16. The van der Waals surface area contributed by atoms with Crippen molar-refractivity contribution in [3.8, 4) is 0 Å². The Balaban J connectivity index is 2.36. The van der Waals surface area contributed by atoms with Crippen LogP contribution in [0, 0.1) is 10.1 Å². The number of amides is 1. The molecular formula is C10H8BrN5O3S. The minimum atomic E-state index is -0.665. The molecular weight excluding hydrogens is 350 g/mol. The Morgan fingerprint density at radius 2 is 2.25 bits per heavy atom. The first kappa shape index (κ1) is 14.4. The molecule has 0 atom stereocenters. The number of halogens is 1. The van der Waals surface area contributed by atoms with E-state index in [0.717, 1.165) is 3.79 Å². The number of nitrogen functional groups attached to an aromatic ring is 1. The maximum atomic E-state index is 12.1. The van der Waals surface area contributed by atoms with Gasteiger partial charge in [0, 0.05) is 0 Å². The molecule has 0 saturated heterocycles. The number of nitrogens with zero attached hydrogens (tertiary/aromatic N) is 2. The first-order valence-corrected chi connectivity index (χ1v) is 6.80. The van der Waals surface area contributed by atoms with Gasteiger partial charge in [-0.2, -0.15) is 0 Å². The van der Waals surface area contributed by atoms with Crippen molar-refractivity contribution in [2.75, 3.05) is 10.7 Å². The number of aromatic nitrogens is 1. The van der Waals surface area contributed by atoms with Crippen LogP contribution in [0.4, 0.5) is 16.5 Å². The van der Waals surface area contributed by atoms with E-state index in [2.05, 4.69) is 31.7 Å². The summed E-state index contributed by atoms with van der Waals surface area (Å²) in [6, 6.07) is 4.25. The van der Waals surface area contributed by atoms with Gasteiger partial charge in [-0.05, 0) is 28.1 Å². The number of nitro benzene ring substituents is 1. The number of nitro groups is 1. The Morgan fingerprint density at radius 1 is 1.50 bits per heavy atom. The van der Waals surface area contributed by atoms with Gasteiger partial charge in [-0.15, -0.1) is 0 Å². The SMILES string of the molecule is NNc1cccc(C(=O)Nc2ncc(Br)s2)c1[N+](=O)[O-]. The third kappa shape index (κ3) is 2.92. The highest BCUT2D eigenvalue weighted by Gasteiger charge is 2.24. The number of anilines is 2. The van der Waals surface area contributed by atoms with Crippen LogP contribution in [0.2, 0.25) is 0 Å². The van der Waals surface area contributed by atoms with Crippen LogP contribution in [0.15, 0.2) is 28.2 Å². The fourth-order valence-electron chi connectivity index (χ4n) is 1.52. The van der Waals surface area contributed by atoms with Gasteiger partial charge in [0.05, 0.1) is 14.9 Å². The molecule has 1 aromatic heterocycles. The lowest BCUT2D eigenvalue weighted by Gasteiger charge is -2.06. The predicted octanol–water partition coefficient (Wildman–Crippen LogP) is 2.35. The Kier molecular flexibility index (Phi) is 4.27. The monoisotopic (exact) mass is 357 g/mol. The highest BCUT2D eigenvalue weighted by Crippen LogP contribution is 2.29. The first-order valence-electron chi connectivity index (χ1n) is 5.19. The number of benzene rings is 1. The van der Waals surface area contributed by atoms with E-state index in [0.29, 0.717) is 5.13 Å². The molecule has 0 bridgehead atoms. The molecule has 2 rings (SSSR count). The summed E-state index contributed by atoms with van der Waals surface area (Å²) in [7, 11) is 0. The number of rotatable bonds is 4. The largest absolute Gasteiger partial charge is 0.318 e. The average molecular weight is 358 g/mol. The summed E-state index contributed by atoms with van der Waals surface area (Å²) in [5, 5.41) is 13.9. The minimum Gasteiger partial charge on any atom is -0.318 e. The topological polar surface area (TPSA) is 123 Å². The minimum absolute atomic E-state index is 0.0583. The van der Waals surface area contributed by atoms with E-state index in [-0.39, 0.29) is 16.9 Å². The zero-order valence-electron chi connectivity index (χ0n) is 9.79. The number of carbonyl (C=O) groups excluding carboxylic acids is 1. The van der Waals surface area contributed by atoms with Gasteiger partial charge in [0.1, 0.15) is 11.3 Å². The first-order chi connectivity index (χ1) is 9.52. The van der Waals surface area contributed by atoms with Crippen LogP contribution in [0.25, 0.3) is 0 Å². The molecule has 0 spiro atoms. The summed E-state index contributed by atoms with van der Waals surface area (Å²) in [5.74, 6) is 4.58. The van der Waals surface area contributed by atoms with Gasteiger partial charge >= 0.3 is 5.69 Å². The summed E-state index contributed by atoms with van der Waals surface area (Å²) < 4.78 is 0.736. The summed E-state index contributed by atoms with van der Waals surface area (Å²) in [4.78, 5) is 26.4. The van der Waals surface area contributed by atoms with Crippen molar-refractivity contribution >= 4 is 49.7 Å². The molecule has 0 aliphatic heterocycles. The van der Waals surface area contributed by atoms with Crippen LogP contribution in [0.5, 0.6) is 0 Å². The number of nitrogens with one attached hydrogen (secondary N) is 2. The van der Waals surface area contributed by atoms with Crippen LogP contribution in [-0.4, -0.2) is 15.8 Å². The van der Waals surface area contributed by atoms with E-state index in [1.54, 1.807) is 0 Å². The Bertz CT molecular complexity index is 675. The maximum absolute atomic E-state index is 12.1. The van der Waals surface area contributed by atoms with E-state index < -0.39 is 10.8 Å². The maximum Gasteiger partial charge on any atom is 0.306 e. The van der Waals surface area contributed by atoms with Crippen molar-refractivity contribution in [1.82, 2.24) is 4.98 Å². The number of nitrogens with two attached hydrogens (primary N) is 1.